The van der Waals surface area contributed by atoms with Gasteiger partial charge < -0.3 is 24.8 Å². The Hall–Kier alpha value is -1.79. The molecule has 6 heteroatoms. The predicted molar refractivity (Wildman–Crippen MR) is 80.9 cm³/mol. The van der Waals surface area contributed by atoms with Crippen LogP contribution in [0, 0.1) is 5.92 Å². The van der Waals surface area contributed by atoms with Crippen molar-refractivity contribution in [3.05, 3.63) is 23.3 Å². The fourth-order valence-electron chi connectivity index (χ4n) is 3.37. The number of hydrogen-bond acceptors (Lipinski definition) is 5. The summed E-state index contributed by atoms with van der Waals surface area (Å²) < 4.78 is 10.7. The Labute approximate surface area is 130 Å². The van der Waals surface area contributed by atoms with Crippen LogP contribution in [-0.4, -0.2) is 49.8 Å². The molecule has 0 aliphatic carbocycles. The first-order valence-electron chi connectivity index (χ1n) is 7.57. The highest BCUT2D eigenvalue weighted by atomic mass is 16.5. The quantitative estimate of drug-likeness (QED) is 0.860. The first-order chi connectivity index (χ1) is 10.7. The summed E-state index contributed by atoms with van der Waals surface area (Å²) in [4.78, 5) is 14.3. The van der Waals surface area contributed by atoms with Crippen LogP contribution < -0.4 is 14.8 Å². The van der Waals surface area contributed by atoms with Gasteiger partial charge in [-0.2, -0.15) is 0 Å². The van der Waals surface area contributed by atoms with Gasteiger partial charge in [0.25, 0.3) is 0 Å². The number of carbonyl (C=O) groups is 1. The molecule has 2 unspecified atom stereocenters. The number of aliphatic hydroxyl groups excluding tert-OH is 1. The molecule has 3 rings (SSSR count). The number of methoxy groups -OCH3 is 2. The zero-order valence-corrected chi connectivity index (χ0v) is 13.0. The molecule has 0 saturated carbocycles. The number of rotatable bonds is 3. The Balaban J connectivity index is 1.92. The molecule has 2 aliphatic heterocycles. The maximum absolute atomic E-state index is 12.6. The molecule has 2 N–H and O–H groups in total. The fraction of sp³-hybridized carbons (Fsp3) is 0.562. The van der Waals surface area contributed by atoms with Crippen LogP contribution in [0.15, 0.2) is 12.1 Å². The van der Waals surface area contributed by atoms with Crippen molar-refractivity contribution < 1.29 is 19.4 Å². The van der Waals surface area contributed by atoms with Crippen molar-refractivity contribution in [1.29, 1.82) is 0 Å². The van der Waals surface area contributed by atoms with Crippen LogP contribution in [0.1, 0.15) is 23.7 Å². The normalized spacial score (nSPS) is 24.0. The van der Waals surface area contributed by atoms with E-state index in [1.807, 2.05) is 6.07 Å². The Kier molecular flexibility index (Phi) is 4.22. The number of amides is 1. The van der Waals surface area contributed by atoms with Gasteiger partial charge in [0.1, 0.15) is 17.6 Å². The van der Waals surface area contributed by atoms with Gasteiger partial charge in [-0.05, 0) is 25.1 Å². The highest BCUT2D eigenvalue weighted by Crippen LogP contribution is 2.39. The Bertz CT molecular complexity index is 570. The highest BCUT2D eigenvalue weighted by molar-refractivity contribution is 5.80. The standard InChI is InChI=1S/C16H22N2O4/c1-21-13-3-4-14(22-2)15-11(13)8-18(9-12(15)19)16(20)10-5-6-17-7-10/h3-4,10,12,17,19H,5-9H2,1-2H3. The van der Waals surface area contributed by atoms with E-state index >= 15 is 0 Å². The van der Waals surface area contributed by atoms with Gasteiger partial charge in [-0.1, -0.05) is 0 Å². The number of β-amino-alcohol motifs (C(OH)–C–C–N with tert-alkyl or cyclic N) is 1. The molecule has 120 valence electrons. The minimum Gasteiger partial charge on any atom is -0.496 e. The van der Waals surface area contributed by atoms with Crippen LogP contribution in [0.25, 0.3) is 0 Å². The van der Waals surface area contributed by atoms with Crippen LogP contribution in [0.3, 0.4) is 0 Å². The molecular formula is C16H22N2O4. The summed E-state index contributed by atoms with van der Waals surface area (Å²) in [5.41, 5.74) is 1.57. The third kappa shape index (κ3) is 2.53. The molecule has 0 aromatic heterocycles. The summed E-state index contributed by atoms with van der Waals surface area (Å²) >= 11 is 0. The third-order valence-corrected chi connectivity index (χ3v) is 4.51. The molecule has 0 bridgehead atoms. The number of hydrogen-bond donors (Lipinski definition) is 2. The fourth-order valence-corrected chi connectivity index (χ4v) is 3.37. The van der Waals surface area contributed by atoms with Gasteiger partial charge in [0, 0.05) is 24.2 Å². The molecule has 2 heterocycles. The molecule has 6 nitrogen and oxygen atoms in total. The lowest BCUT2D eigenvalue weighted by Crippen LogP contribution is -2.42. The van der Waals surface area contributed by atoms with E-state index in [9.17, 15) is 9.90 Å². The average Bonchev–Trinajstić information content (AvgIpc) is 3.07. The zero-order chi connectivity index (χ0) is 15.7. The lowest BCUT2D eigenvalue weighted by Gasteiger charge is -2.35. The van der Waals surface area contributed by atoms with Gasteiger partial charge in [-0.15, -0.1) is 0 Å². The van der Waals surface area contributed by atoms with E-state index < -0.39 is 6.10 Å². The van der Waals surface area contributed by atoms with E-state index in [0.717, 1.165) is 24.1 Å². The summed E-state index contributed by atoms with van der Waals surface area (Å²) in [5.74, 6) is 1.42. The van der Waals surface area contributed by atoms with E-state index in [4.69, 9.17) is 9.47 Å². The zero-order valence-electron chi connectivity index (χ0n) is 13.0. The predicted octanol–water partition coefficient (Wildman–Crippen LogP) is 0.689. The van der Waals surface area contributed by atoms with Crippen LogP contribution in [0.5, 0.6) is 11.5 Å². The lowest BCUT2D eigenvalue weighted by molar-refractivity contribution is -0.137. The largest absolute Gasteiger partial charge is 0.496 e. The molecule has 1 saturated heterocycles. The maximum atomic E-state index is 12.6. The number of aliphatic hydroxyl groups is 1. The number of carbonyl (C=O) groups excluding carboxylic acids is 1. The number of benzene rings is 1. The van der Waals surface area contributed by atoms with E-state index in [1.165, 1.54) is 0 Å². The van der Waals surface area contributed by atoms with Crippen molar-refractivity contribution in [2.24, 2.45) is 5.92 Å². The maximum Gasteiger partial charge on any atom is 0.227 e. The first-order valence-corrected chi connectivity index (χ1v) is 7.57. The van der Waals surface area contributed by atoms with E-state index in [-0.39, 0.29) is 11.8 Å². The van der Waals surface area contributed by atoms with Crippen molar-refractivity contribution in [2.45, 2.75) is 19.1 Å². The topological polar surface area (TPSA) is 71.0 Å². The molecule has 2 aliphatic rings. The summed E-state index contributed by atoms with van der Waals surface area (Å²) in [6, 6.07) is 3.61. The molecule has 1 fully saturated rings. The van der Waals surface area contributed by atoms with Gasteiger partial charge in [0.15, 0.2) is 0 Å². The Morgan fingerprint density at radius 2 is 2.05 bits per heavy atom. The average molecular weight is 306 g/mol. The molecule has 1 aromatic rings. The minimum absolute atomic E-state index is 0.00496. The van der Waals surface area contributed by atoms with E-state index in [0.29, 0.717) is 31.1 Å². The molecular weight excluding hydrogens is 284 g/mol. The van der Waals surface area contributed by atoms with Gasteiger partial charge in [0.05, 0.1) is 26.7 Å². The van der Waals surface area contributed by atoms with Gasteiger partial charge in [-0.25, -0.2) is 0 Å². The number of fused-ring (bicyclic) bond motifs is 1. The molecule has 1 aromatic carbocycles. The second-order valence-electron chi connectivity index (χ2n) is 5.79. The lowest BCUT2D eigenvalue weighted by atomic mass is 9.94. The van der Waals surface area contributed by atoms with Gasteiger partial charge in [0.2, 0.25) is 5.91 Å². The van der Waals surface area contributed by atoms with Gasteiger partial charge in [-0.3, -0.25) is 4.79 Å². The van der Waals surface area contributed by atoms with Gasteiger partial charge >= 0.3 is 0 Å². The Morgan fingerprint density at radius 1 is 1.32 bits per heavy atom. The molecule has 0 spiro atoms. The summed E-state index contributed by atoms with van der Waals surface area (Å²) in [6.45, 7) is 2.34. The van der Waals surface area contributed by atoms with Crippen molar-refractivity contribution in [2.75, 3.05) is 33.9 Å². The smallest absolute Gasteiger partial charge is 0.227 e. The first kappa shape index (κ1) is 15.1. The summed E-state index contributed by atoms with van der Waals surface area (Å²) in [6.07, 6.45) is 0.0974. The molecule has 22 heavy (non-hydrogen) atoms. The monoisotopic (exact) mass is 306 g/mol. The summed E-state index contributed by atoms with van der Waals surface area (Å²) in [5, 5.41) is 13.7. The molecule has 1 amide bonds. The minimum atomic E-state index is -0.757. The van der Waals surface area contributed by atoms with Crippen LogP contribution >= 0.6 is 0 Å². The van der Waals surface area contributed by atoms with E-state index in [2.05, 4.69) is 5.32 Å². The highest BCUT2D eigenvalue weighted by Gasteiger charge is 2.35. The van der Waals surface area contributed by atoms with Crippen LogP contribution in [0.2, 0.25) is 0 Å². The summed E-state index contributed by atoms with van der Waals surface area (Å²) in [7, 11) is 3.17. The molecule has 0 radical (unpaired) electrons. The van der Waals surface area contributed by atoms with Crippen molar-refractivity contribution in [3.8, 4) is 11.5 Å². The number of nitrogens with one attached hydrogen (secondary N) is 1. The second kappa shape index (κ2) is 6.14. The third-order valence-electron chi connectivity index (χ3n) is 4.51. The SMILES string of the molecule is COc1ccc(OC)c2c1CN(C(=O)C1CCNC1)CC2O. The van der Waals surface area contributed by atoms with Crippen LogP contribution in [-0.2, 0) is 11.3 Å². The van der Waals surface area contributed by atoms with Crippen molar-refractivity contribution in [3.63, 3.8) is 0 Å². The van der Waals surface area contributed by atoms with E-state index in [1.54, 1.807) is 25.2 Å². The second-order valence-corrected chi connectivity index (χ2v) is 5.79. The molecule has 2 atom stereocenters. The van der Waals surface area contributed by atoms with Crippen LogP contribution in [0.4, 0.5) is 0 Å². The Morgan fingerprint density at radius 3 is 2.68 bits per heavy atom. The number of ether oxygens (including phenoxy) is 2. The van der Waals surface area contributed by atoms with Crippen molar-refractivity contribution in [1.82, 2.24) is 10.2 Å². The number of nitrogens with zero attached hydrogens (tertiary/aromatic N) is 1. The van der Waals surface area contributed by atoms with Crippen molar-refractivity contribution >= 4 is 5.91 Å².